The van der Waals surface area contributed by atoms with Gasteiger partial charge in [-0.3, -0.25) is 14.3 Å². The van der Waals surface area contributed by atoms with Gasteiger partial charge in [-0.1, -0.05) is 0 Å². The highest BCUT2D eigenvalue weighted by Crippen LogP contribution is 2.32. The number of hydrogen-bond donors (Lipinski definition) is 4. The summed E-state index contributed by atoms with van der Waals surface area (Å²) in [5, 5.41) is 21.2. The van der Waals surface area contributed by atoms with Gasteiger partial charge in [-0.05, 0) is 17.0 Å². The number of ether oxygens (including phenoxy) is 2. The minimum atomic E-state index is -1.97. The Morgan fingerprint density at radius 2 is 2.23 bits per heavy atom. The summed E-state index contributed by atoms with van der Waals surface area (Å²) in [5.41, 5.74) is 3.97. The van der Waals surface area contributed by atoms with Gasteiger partial charge in [-0.25, -0.2) is 18.5 Å². The molecule has 4 heterocycles. The summed E-state index contributed by atoms with van der Waals surface area (Å²) in [6, 6.07) is 1.59. The van der Waals surface area contributed by atoms with Gasteiger partial charge in [-0.15, -0.1) is 11.3 Å². The molecule has 0 saturated carbocycles. The molecule has 4 rings (SSSR count). The third kappa shape index (κ3) is 3.33. The fourth-order valence-corrected chi connectivity index (χ4v) is 4.38. The molecule has 31 heavy (non-hydrogen) atoms. The highest BCUT2D eigenvalue weighted by Gasteiger charge is 2.46. The van der Waals surface area contributed by atoms with Crippen LogP contribution in [0.3, 0.4) is 0 Å². The van der Waals surface area contributed by atoms with Crippen LogP contribution in [-0.2, 0) is 16.0 Å². The van der Waals surface area contributed by atoms with E-state index >= 15 is 0 Å². The van der Waals surface area contributed by atoms with Crippen LogP contribution in [-0.4, -0.2) is 67.4 Å². The van der Waals surface area contributed by atoms with Gasteiger partial charge in [0.25, 0.3) is 5.56 Å². The molecule has 0 amide bonds. The van der Waals surface area contributed by atoms with Crippen molar-refractivity contribution in [3.05, 3.63) is 42.7 Å². The molecule has 3 aromatic rings. The number of H-pyrrole nitrogens is 1. The number of esters is 1. The molecular formula is C17H18FN5O7S. The van der Waals surface area contributed by atoms with Gasteiger partial charge in [0.05, 0.1) is 20.3 Å². The lowest BCUT2D eigenvalue weighted by Gasteiger charge is -2.15. The lowest BCUT2D eigenvalue weighted by atomic mass is 10.1. The van der Waals surface area contributed by atoms with Gasteiger partial charge in [-0.2, -0.15) is 4.98 Å². The molecule has 1 saturated heterocycles. The molecule has 1 fully saturated rings. The van der Waals surface area contributed by atoms with Crippen LogP contribution in [0.5, 0.6) is 0 Å². The zero-order valence-corrected chi connectivity index (χ0v) is 16.8. The van der Waals surface area contributed by atoms with E-state index in [4.69, 9.17) is 15.2 Å². The molecule has 4 atom stereocenters. The van der Waals surface area contributed by atoms with Crippen LogP contribution in [0.1, 0.15) is 21.5 Å². The van der Waals surface area contributed by atoms with Crippen molar-refractivity contribution in [1.29, 1.82) is 0 Å². The van der Waals surface area contributed by atoms with Crippen molar-refractivity contribution in [3.8, 4) is 0 Å². The van der Waals surface area contributed by atoms with Crippen molar-refractivity contribution in [2.24, 2.45) is 0 Å². The van der Waals surface area contributed by atoms with E-state index in [1.54, 1.807) is 11.4 Å². The number of aliphatic hydroxyl groups is 2. The predicted molar refractivity (Wildman–Crippen MR) is 106 cm³/mol. The summed E-state index contributed by atoms with van der Waals surface area (Å²) in [6.45, 7) is -0.939. The monoisotopic (exact) mass is 455 g/mol. The van der Waals surface area contributed by atoms with Crippen LogP contribution in [0, 0.1) is 0 Å². The summed E-state index contributed by atoms with van der Waals surface area (Å²) >= 11 is 1.10. The number of aromatic amines is 1. The van der Waals surface area contributed by atoms with E-state index in [2.05, 4.69) is 9.97 Å². The molecule has 0 radical (unpaired) electrons. The van der Waals surface area contributed by atoms with Crippen molar-refractivity contribution in [1.82, 2.24) is 19.1 Å². The number of carbonyl (C=O) groups excluding carboxylic acids is 1. The van der Waals surface area contributed by atoms with Crippen molar-refractivity contribution in [3.63, 3.8) is 0 Å². The molecule has 166 valence electrons. The smallest absolute Gasteiger partial charge is 0.348 e. The third-order valence-corrected chi connectivity index (χ3v) is 5.93. The molecule has 1 aliphatic rings. The maximum atomic E-state index is 14.3. The number of rotatable bonds is 5. The SMILES string of the molecule is COC(=O)c1sccc1Cn1c(=O)n([C@@H]2O[C@H](CO)[C@@H](F)[C@H]2O)c2nc(N)[nH]c(=O)c21. The first kappa shape index (κ1) is 21.2. The third-order valence-electron chi connectivity index (χ3n) is 5.00. The molecular weight excluding hydrogens is 437 g/mol. The van der Waals surface area contributed by atoms with E-state index in [1.165, 1.54) is 7.11 Å². The average Bonchev–Trinajstić information content (AvgIpc) is 3.38. The molecule has 0 bridgehead atoms. The molecule has 0 unspecified atom stereocenters. The highest BCUT2D eigenvalue weighted by atomic mass is 32.1. The second kappa shape index (κ2) is 7.88. The number of nitrogens with zero attached hydrogens (tertiary/aromatic N) is 3. The van der Waals surface area contributed by atoms with Crippen molar-refractivity contribution in [2.75, 3.05) is 19.5 Å². The Morgan fingerprint density at radius 1 is 1.48 bits per heavy atom. The van der Waals surface area contributed by atoms with Crippen molar-refractivity contribution in [2.45, 2.75) is 31.2 Å². The summed E-state index contributed by atoms with van der Waals surface area (Å²) in [6.07, 6.45) is -6.70. The number of aromatic nitrogens is 4. The van der Waals surface area contributed by atoms with Crippen LogP contribution in [0.4, 0.5) is 10.3 Å². The number of thiophene rings is 1. The number of carbonyl (C=O) groups is 1. The Morgan fingerprint density at radius 3 is 2.87 bits per heavy atom. The van der Waals surface area contributed by atoms with E-state index in [-0.39, 0.29) is 28.5 Å². The first-order chi connectivity index (χ1) is 14.8. The van der Waals surface area contributed by atoms with E-state index in [0.717, 1.165) is 20.5 Å². The minimum absolute atomic E-state index is 0.208. The van der Waals surface area contributed by atoms with Gasteiger partial charge in [0.2, 0.25) is 5.95 Å². The molecule has 0 aromatic carbocycles. The summed E-state index contributed by atoms with van der Waals surface area (Å²) in [7, 11) is 1.21. The Labute approximate surface area is 176 Å². The van der Waals surface area contributed by atoms with Gasteiger partial charge in [0, 0.05) is 0 Å². The van der Waals surface area contributed by atoms with Crippen molar-refractivity contribution >= 4 is 34.4 Å². The molecule has 3 aromatic heterocycles. The second-order valence-corrected chi connectivity index (χ2v) is 7.73. The standard InChI is InChI=1S/C17H18FN5O7S/c1-29-15(27)11-6(2-3-31-11)4-22-9-12(20-16(19)21-13(9)26)23(17(22)28)14-10(25)8(18)7(5-24)30-14/h2-3,7-8,10,14,24-25H,4-5H2,1H3,(H3,19,20,21,26)/t7-,8-,10-,14-/m1/s1. The largest absolute Gasteiger partial charge is 0.465 e. The fraction of sp³-hybridized carbons (Fsp3) is 0.412. The lowest BCUT2D eigenvalue weighted by molar-refractivity contribution is -0.0513. The number of methoxy groups -OCH3 is 1. The number of anilines is 1. The Kier molecular flexibility index (Phi) is 5.38. The molecule has 14 heteroatoms. The number of nitrogen functional groups attached to an aromatic ring is 1. The summed E-state index contributed by atoms with van der Waals surface area (Å²) in [5.74, 6) is -0.921. The van der Waals surface area contributed by atoms with Gasteiger partial charge < -0.3 is 25.4 Å². The quantitative estimate of drug-likeness (QED) is 0.350. The van der Waals surface area contributed by atoms with Gasteiger partial charge >= 0.3 is 11.7 Å². The molecule has 5 N–H and O–H groups in total. The van der Waals surface area contributed by atoms with Crippen molar-refractivity contribution < 1.29 is 28.9 Å². The first-order valence-electron chi connectivity index (χ1n) is 9.02. The number of halogens is 1. The Balaban J connectivity index is 1.92. The number of nitrogens with one attached hydrogen (secondary N) is 1. The maximum Gasteiger partial charge on any atom is 0.348 e. The van der Waals surface area contributed by atoms with Gasteiger partial charge in [0.15, 0.2) is 23.6 Å². The normalized spacial score (nSPS) is 23.5. The number of imidazole rings is 1. The van der Waals surface area contributed by atoms with Crippen LogP contribution in [0.15, 0.2) is 21.0 Å². The molecule has 0 spiro atoms. The van der Waals surface area contributed by atoms with Crippen LogP contribution >= 0.6 is 11.3 Å². The number of fused-ring (bicyclic) bond motifs is 1. The van der Waals surface area contributed by atoms with E-state index in [1.807, 2.05) is 0 Å². The van der Waals surface area contributed by atoms with Crippen LogP contribution < -0.4 is 17.0 Å². The minimum Gasteiger partial charge on any atom is -0.465 e. The predicted octanol–water partition coefficient (Wildman–Crippen LogP) is -1.05. The Bertz CT molecular complexity index is 1260. The zero-order chi connectivity index (χ0) is 22.4. The Hall–Kier alpha value is -3.07. The average molecular weight is 455 g/mol. The summed E-state index contributed by atoms with van der Waals surface area (Å²) < 4.78 is 26.2. The number of alkyl halides is 1. The van der Waals surface area contributed by atoms with Gasteiger partial charge in [0.1, 0.15) is 17.1 Å². The van der Waals surface area contributed by atoms with Crippen LogP contribution in [0.25, 0.3) is 11.2 Å². The maximum absolute atomic E-state index is 14.3. The zero-order valence-electron chi connectivity index (χ0n) is 16.0. The first-order valence-corrected chi connectivity index (χ1v) is 9.90. The van der Waals surface area contributed by atoms with E-state index < -0.39 is 48.4 Å². The second-order valence-electron chi connectivity index (χ2n) is 6.81. The van der Waals surface area contributed by atoms with E-state index in [0.29, 0.717) is 5.56 Å². The number of hydrogen-bond acceptors (Lipinski definition) is 10. The molecule has 12 nitrogen and oxygen atoms in total. The topological polar surface area (TPSA) is 175 Å². The lowest BCUT2D eigenvalue weighted by Crippen LogP contribution is -2.34. The number of aliphatic hydroxyl groups excluding tert-OH is 2. The molecule has 1 aliphatic heterocycles. The highest BCUT2D eigenvalue weighted by molar-refractivity contribution is 7.12. The van der Waals surface area contributed by atoms with Crippen LogP contribution in [0.2, 0.25) is 0 Å². The number of nitrogens with two attached hydrogens (primary N) is 1. The summed E-state index contributed by atoms with van der Waals surface area (Å²) in [4.78, 5) is 44.4. The molecule has 0 aliphatic carbocycles. The van der Waals surface area contributed by atoms with E-state index in [9.17, 15) is 29.0 Å². The fourth-order valence-electron chi connectivity index (χ4n) is 3.55.